The van der Waals surface area contributed by atoms with Gasteiger partial charge < -0.3 is 5.32 Å². The Morgan fingerprint density at radius 3 is 2.95 bits per heavy atom. The molecule has 0 atom stereocenters. The Morgan fingerprint density at radius 2 is 2.20 bits per heavy atom. The number of pyridine rings is 1. The fraction of sp³-hybridized carbons (Fsp3) is 0.333. The van der Waals surface area contributed by atoms with Crippen LogP contribution in [-0.4, -0.2) is 16.8 Å². The second kappa shape index (κ2) is 6.91. The summed E-state index contributed by atoms with van der Waals surface area (Å²) in [4.78, 5) is 16.3. The summed E-state index contributed by atoms with van der Waals surface area (Å²) in [5, 5.41) is 4.29. The van der Waals surface area contributed by atoms with Gasteiger partial charge in [0.25, 0.3) is 0 Å². The molecule has 0 aliphatic carbocycles. The van der Waals surface area contributed by atoms with Crippen LogP contribution in [0.1, 0.15) is 24.8 Å². The molecule has 20 heavy (non-hydrogen) atoms. The van der Waals surface area contributed by atoms with Crippen molar-refractivity contribution in [3.63, 3.8) is 0 Å². The molecule has 106 valence electrons. The van der Waals surface area contributed by atoms with Gasteiger partial charge in [-0.25, -0.2) is 0 Å². The molecule has 0 aliphatic heterocycles. The van der Waals surface area contributed by atoms with Crippen LogP contribution >= 0.6 is 23.2 Å². The summed E-state index contributed by atoms with van der Waals surface area (Å²) in [6.07, 6.45) is 3.78. The minimum Gasteiger partial charge on any atom is -0.324 e. The van der Waals surface area contributed by atoms with Crippen LogP contribution in [0.5, 0.6) is 0 Å². The van der Waals surface area contributed by atoms with Gasteiger partial charge in [-0.15, -0.1) is 11.6 Å². The Balaban J connectivity index is 2.27. The Kier molecular flexibility index (Phi) is 5.21. The van der Waals surface area contributed by atoms with Crippen molar-refractivity contribution in [3.8, 4) is 0 Å². The lowest BCUT2D eigenvalue weighted by Gasteiger charge is -2.12. The van der Waals surface area contributed by atoms with Crippen molar-refractivity contribution in [1.82, 2.24) is 4.98 Å². The highest BCUT2D eigenvalue weighted by Crippen LogP contribution is 2.32. The Bertz CT molecular complexity index is 629. The van der Waals surface area contributed by atoms with E-state index in [9.17, 15) is 4.79 Å². The molecule has 0 fully saturated rings. The summed E-state index contributed by atoms with van der Waals surface area (Å²) in [7, 11) is 0. The lowest BCUT2D eigenvalue weighted by Crippen LogP contribution is -2.12. The van der Waals surface area contributed by atoms with Gasteiger partial charge in [0.15, 0.2) is 0 Å². The summed E-state index contributed by atoms with van der Waals surface area (Å²) in [5.41, 5.74) is 2.48. The highest BCUT2D eigenvalue weighted by Gasteiger charge is 2.12. The van der Waals surface area contributed by atoms with Crippen molar-refractivity contribution in [3.05, 3.63) is 35.0 Å². The standard InChI is InChI=1S/C15H16Cl2N2O/c1-10-9-12(17)15(11-5-4-8-18-14(10)11)19-13(20)6-2-3-7-16/h4-5,8-9H,2-3,6-7H2,1H3,(H,19,20). The Labute approximate surface area is 128 Å². The number of halogens is 2. The number of alkyl halides is 1. The van der Waals surface area contributed by atoms with Crippen LogP contribution in [0.4, 0.5) is 5.69 Å². The molecule has 3 nitrogen and oxygen atoms in total. The minimum absolute atomic E-state index is 0.0500. The molecule has 1 heterocycles. The topological polar surface area (TPSA) is 42.0 Å². The third-order valence-corrected chi connectivity index (χ3v) is 3.65. The van der Waals surface area contributed by atoms with Gasteiger partial charge in [-0.3, -0.25) is 9.78 Å². The van der Waals surface area contributed by atoms with E-state index < -0.39 is 0 Å². The number of unbranched alkanes of at least 4 members (excludes halogenated alkanes) is 1. The number of hydrogen-bond donors (Lipinski definition) is 1. The number of nitrogens with zero attached hydrogens (tertiary/aromatic N) is 1. The molecule has 0 radical (unpaired) electrons. The van der Waals surface area contributed by atoms with Gasteiger partial charge >= 0.3 is 0 Å². The van der Waals surface area contributed by atoms with E-state index in [1.54, 1.807) is 6.20 Å². The van der Waals surface area contributed by atoms with E-state index in [1.807, 2.05) is 25.1 Å². The van der Waals surface area contributed by atoms with Crippen molar-refractivity contribution >= 4 is 45.7 Å². The first-order valence-electron chi connectivity index (χ1n) is 6.53. The van der Waals surface area contributed by atoms with E-state index in [0.717, 1.165) is 29.3 Å². The zero-order valence-corrected chi connectivity index (χ0v) is 12.8. The maximum Gasteiger partial charge on any atom is 0.224 e. The van der Waals surface area contributed by atoms with Crippen LogP contribution in [0.25, 0.3) is 10.9 Å². The number of fused-ring (bicyclic) bond motifs is 1. The molecule has 0 saturated carbocycles. The van der Waals surface area contributed by atoms with Crippen LogP contribution in [0, 0.1) is 6.92 Å². The smallest absolute Gasteiger partial charge is 0.224 e. The molecular formula is C15H16Cl2N2O. The number of carbonyl (C=O) groups excluding carboxylic acids is 1. The molecule has 0 saturated heterocycles. The fourth-order valence-corrected chi connectivity index (χ4v) is 2.59. The second-order valence-electron chi connectivity index (χ2n) is 4.64. The van der Waals surface area contributed by atoms with Crippen molar-refractivity contribution in [1.29, 1.82) is 0 Å². The van der Waals surface area contributed by atoms with Crippen molar-refractivity contribution in [2.45, 2.75) is 26.2 Å². The first kappa shape index (κ1) is 15.1. The predicted octanol–water partition coefficient (Wildman–Crippen LogP) is 4.54. The van der Waals surface area contributed by atoms with Gasteiger partial charge in [0, 0.05) is 23.9 Å². The molecule has 0 bridgehead atoms. The number of aromatic nitrogens is 1. The molecule has 0 aliphatic rings. The summed E-state index contributed by atoms with van der Waals surface area (Å²) in [6.45, 7) is 1.95. The number of benzene rings is 1. The van der Waals surface area contributed by atoms with Crippen molar-refractivity contribution in [2.24, 2.45) is 0 Å². The highest BCUT2D eigenvalue weighted by molar-refractivity contribution is 6.35. The van der Waals surface area contributed by atoms with E-state index in [4.69, 9.17) is 23.2 Å². The normalized spacial score (nSPS) is 10.8. The lowest BCUT2D eigenvalue weighted by molar-refractivity contribution is -0.116. The number of nitrogens with one attached hydrogen (secondary N) is 1. The van der Waals surface area contributed by atoms with Gasteiger partial charge in [-0.05, 0) is 43.5 Å². The minimum atomic E-state index is -0.0500. The van der Waals surface area contributed by atoms with E-state index in [-0.39, 0.29) is 5.91 Å². The van der Waals surface area contributed by atoms with E-state index in [1.165, 1.54) is 0 Å². The largest absolute Gasteiger partial charge is 0.324 e. The molecule has 5 heteroatoms. The molecule has 2 rings (SSSR count). The van der Waals surface area contributed by atoms with E-state index in [0.29, 0.717) is 23.0 Å². The maximum absolute atomic E-state index is 11.9. The molecule has 2 aromatic rings. The number of aryl methyl sites for hydroxylation is 1. The Hall–Kier alpha value is -1.32. The summed E-state index contributed by atoms with van der Waals surface area (Å²) < 4.78 is 0. The van der Waals surface area contributed by atoms with E-state index in [2.05, 4.69) is 10.3 Å². The van der Waals surface area contributed by atoms with Crippen LogP contribution in [0.3, 0.4) is 0 Å². The third-order valence-electron chi connectivity index (χ3n) is 3.08. The lowest BCUT2D eigenvalue weighted by atomic mass is 10.1. The molecule has 1 aromatic carbocycles. The van der Waals surface area contributed by atoms with Gasteiger partial charge in [0.2, 0.25) is 5.91 Å². The first-order chi connectivity index (χ1) is 9.63. The maximum atomic E-state index is 11.9. The number of carbonyl (C=O) groups is 1. The van der Waals surface area contributed by atoms with Crippen LogP contribution in [-0.2, 0) is 4.79 Å². The summed E-state index contributed by atoms with van der Waals surface area (Å²) in [6, 6.07) is 5.57. The monoisotopic (exact) mass is 310 g/mol. The van der Waals surface area contributed by atoms with Gasteiger partial charge in [0.1, 0.15) is 0 Å². The van der Waals surface area contributed by atoms with Crippen molar-refractivity contribution in [2.75, 3.05) is 11.2 Å². The average molecular weight is 311 g/mol. The molecule has 0 spiro atoms. The molecular weight excluding hydrogens is 295 g/mol. The number of anilines is 1. The first-order valence-corrected chi connectivity index (χ1v) is 7.44. The Morgan fingerprint density at radius 1 is 1.40 bits per heavy atom. The molecule has 1 aromatic heterocycles. The SMILES string of the molecule is Cc1cc(Cl)c(NC(=O)CCCCCl)c2cccnc12. The summed E-state index contributed by atoms with van der Waals surface area (Å²) in [5.74, 6) is 0.525. The summed E-state index contributed by atoms with van der Waals surface area (Å²) >= 11 is 11.9. The number of hydrogen-bond acceptors (Lipinski definition) is 2. The molecule has 1 N–H and O–H groups in total. The highest BCUT2D eigenvalue weighted by atomic mass is 35.5. The molecule has 1 amide bonds. The van der Waals surface area contributed by atoms with Gasteiger partial charge in [-0.2, -0.15) is 0 Å². The van der Waals surface area contributed by atoms with Crippen LogP contribution < -0.4 is 5.32 Å². The van der Waals surface area contributed by atoms with E-state index >= 15 is 0 Å². The molecule has 0 unspecified atom stereocenters. The van der Waals surface area contributed by atoms with Gasteiger partial charge in [0.05, 0.1) is 16.2 Å². The van der Waals surface area contributed by atoms with Crippen LogP contribution in [0.15, 0.2) is 24.4 Å². The average Bonchev–Trinajstić information content (AvgIpc) is 2.44. The predicted molar refractivity (Wildman–Crippen MR) is 84.7 cm³/mol. The quantitative estimate of drug-likeness (QED) is 0.650. The number of rotatable bonds is 5. The third kappa shape index (κ3) is 3.41. The number of amides is 1. The zero-order valence-electron chi connectivity index (χ0n) is 11.2. The fourth-order valence-electron chi connectivity index (χ4n) is 2.09. The zero-order chi connectivity index (χ0) is 14.5. The van der Waals surface area contributed by atoms with Crippen molar-refractivity contribution < 1.29 is 4.79 Å². The second-order valence-corrected chi connectivity index (χ2v) is 5.43. The van der Waals surface area contributed by atoms with Gasteiger partial charge in [-0.1, -0.05) is 11.6 Å². The van der Waals surface area contributed by atoms with Crippen LogP contribution in [0.2, 0.25) is 5.02 Å².